The molecule has 0 bridgehead atoms. The lowest BCUT2D eigenvalue weighted by Gasteiger charge is -2.30. The van der Waals surface area contributed by atoms with Gasteiger partial charge >= 0.3 is 0 Å². The summed E-state index contributed by atoms with van der Waals surface area (Å²) in [5.41, 5.74) is 0.340. The zero-order chi connectivity index (χ0) is 15.3. The second-order valence-electron chi connectivity index (χ2n) is 6.07. The highest BCUT2D eigenvalue weighted by atomic mass is 19.1. The molecule has 1 heterocycles. The van der Waals surface area contributed by atoms with E-state index >= 15 is 0 Å². The van der Waals surface area contributed by atoms with Crippen LogP contribution in [0.25, 0.3) is 0 Å². The number of hydrogen-bond donors (Lipinski definition) is 0. The maximum absolute atomic E-state index is 12.8. The maximum Gasteiger partial charge on any atom is 0.185 e. The molecule has 0 aromatic carbocycles. The van der Waals surface area contributed by atoms with Gasteiger partial charge in [-0.25, -0.2) is 4.39 Å². The van der Waals surface area contributed by atoms with Crippen molar-refractivity contribution >= 4 is 5.78 Å². The molecule has 0 aliphatic heterocycles. The lowest BCUT2D eigenvalue weighted by Crippen LogP contribution is -2.39. The standard InChI is InChI=1S/C16H25FN2O/c1-11(2)9-19(12(3)4)10-13(5)16(20)15-7-6-14(17)8-18-15/h6-8,11-13H,9-10H2,1-5H3. The van der Waals surface area contributed by atoms with Crippen LogP contribution in [0.2, 0.25) is 0 Å². The van der Waals surface area contributed by atoms with E-state index in [1.54, 1.807) is 0 Å². The zero-order valence-corrected chi connectivity index (χ0v) is 13.1. The van der Waals surface area contributed by atoms with E-state index in [1.807, 2.05) is 6.92 Å². The van der Waals surface area contributed by atoms with Crippen molar-refractivity contribution in [2.45, 2.75) is 40.7 Å². The number of hydrogen-bond acceptors (Lipinski definition) is 3. The summed E-state index contributed by atoms with van der Waals surface area (Å²) in [6, 6.07) is 3.13. The molecule has 3 nitrogen and oxygen atoms in total. The predicted molar refractivity (Wildman–Crippen MR) is 79.2 cm³/mol. The average molecular weight is 280 g/mol. The Morgan fingerprint density at radius 3 is 2.30 bits per heavy atom. The molecule has 0 spiro atoms. The fraction of sp³-hybridized carbons (Fsp3) is 0.625. The molecule has 0 N–H and O–H groups in total. The molecule has 0 amide bonds. The Bertz CT molecular complexity index is 429. The van der Waals surface area contributed by atoms with Gasteiger partial charge in [0.15, 0.2) is 5.78 Å². The fourth-order valence-corrected chi connectivity index (χ4v) is 2.17. The van der Waals surface area contributed by atoms with Crippen LogP contribution in [0.3, 0.4) is 0 Å². The molecule has 20 heavy (non-hydrogen) atoms. The van der Waals surface area contributed by atoms with E-state index in [0.29, 0.717) is 24.2 Å². The van der Waals surface area contributed by atoms with Crippen LogP contribution in [0.1, 0.15) is 45.1 Å². The topological polar surface area (TPSA) is 33.2 Å². The molecule has 4 heteroatoms. The van der Waals surface area contributed by atoms with Gasteiger partial charge in [-0.05, 0) is 31.9 Å². The van der Waals surface area contributed by atoms with E-state index in [4.69, 9.17) is 0 Å². The van der Waals surface area contributed by atoms with Gasteiger partial charge in [-0.2, -0.15) is 0 Å². The van der Waals surface area contributed by atoms with Crippen molar-refractivity contribution in [1.29, 1.82) is 0 Å². The lowest BCUT2D eigenvalue weighted by molar-refractivity contribution is 0.0862. The Morgan fingerprint density at radius 2 is 1.85 bits per heavy atom. The minimum absolute atomic E-state index is 0.0283. The monoisotopic (exact) mass is 280 g/mol. The SMILES string of the molecule is CC(C)CN(CC(C)C(=O)c1ccc(F)cn1)C(C)C. The number of carbonyl (C=O) groups excluding carboxylic acids is 1. The molecule has 1 aromatic heterocycles. The summed E-state index contributed by atoms with van der Waals surface area (Å²) in [5.74, 6) is -0.0324. The second-order valence-corrected chi connectivity index (χ2v) is 6.07. The zero-order valence-electron chi connectivity index (χ0n) is 13.1. The smallest absolute Gasteiger partial charge is 0.185 e. The van der Waals surface area contributed by atoms with E-state index < -0.39 is 5.82 Å². The summed E-state index contributed by atoms with van der Waals surface area (Å²) in [6.45, 7) is 12.2. The molecular weight excluding hydrogens is 255 g/mol. The van der Waals surface area contributed by atoms with Crippen molar-refractivity contribution in [3.05, 3.63) is 29.8 Å². The first-order chi connectivity index (χ1) is 9.31. The third-order valence-electron chi connectivity index (χ3n) is 3.27. The van der Waals surface area contributed by atoms with Crippen molar-refractivity contribution in [3.63, 3.8) is 0 Å². The number of carbonyl (C=O) groups is 1. The largest absolute Gasteiger partial charge is 0.300 e. The molecule has 1 rings (SSSR count). The summed E-state index contributed by atoms with van der Waals surface area (Å²) in [4.78, 5) is 18.5. The molecule has 0 saturated heterocycles. The quantitative estimate of drug-likeness (QED) is 0.718. The van der Waals surface area contributed by atoms with Gasteiger partial charge in [0.05, 0.1) is 6.20 Å². The molecule has 0 saturated carbocycles. The van der Waals surface area contributed by atoms with E-state index in [9.17, 15) is 9.18 Å². The van der Waals surface area contributed by atoms with Gasteiger partial charge in [0, 0.05) is 25.0 Å². The summed E-state index contributed by atoms with van der Waals surface area (Å²) in [5, 5.41) is 0. The van der Waals surface area contributed by atoms with Gasteiger partial charge in [-0.1, -0.05) is 20.8 Å². The first-order valence-electron chi connectivity index (χ1n) is 7.21. The van der Waals surface area contributed by atoms with Crippen LogP contribution >= 0.6 is 0 Å². The van der Waals surface area contributed by atoms with Gasteiger partial charge in [0.2, 0.25) is 0 Å². The van der Waals surface area contributed by atoms with Crippen molar-refractivity contribution in [2.24, 2.45) is 11.8 Å². The van der Waals surface area contributed by atoms with Crippen molar-refractivity contribution in [1.82, 2.24) is 9.88 Å². The first kappa shape index (κ1) is 16.8. The first-order valence-corrected chi connectivity index (χ1v) is 7.21. The van der Waals surface area contributed by atoms with Crippen molar-refractivity contribution < 1.29 is 9.18 Å². The van der Waals surface area contributed by atoms with Gasteiger partial charge in [0.1, 0.15) is 11.5 Å². The van der Waals surface area contributed by atoms with Gasteiger partial charge in [-0.15, -0.1) is 0 Å². The van der Waals surface area contributed by atoms with E-state index in [2.05, 4.69) is 37.6 Å². The molecule has 1 unspecified atom stereocenters. The highest BCUT2D eigenvalue weighted by molar-refractivity contribution is 5.95. The third kappa shape index (κ3) is 5.00. The number of halogens is 1. The van der Waals surface area contributed by atoms with Crippen LogP contribution in [0, 0.1) is 17.7 Å². The van der Waals surface area contributed by atoms with Crippen molar-refractivity contribution in [3.8, 4) is 0 Å². The molecule has 1 atom stereocenters. The number of aromatic nitrogens is 1. The Kier molecular flexibility index (Phi) is 6.27. The van der Waals surface area contributed by atoms with Crippen LogP contribution in [-0.2, 0) is 0 Å². The number of ketones is 1. The molecule has 0 radical (unpaired) electrons. The van der Waals surface area contributed by atoms with Gasteiger partial charge < -0.3 is 0 Å². The van der Waals surface area contributed by atoms with Crippen LogP contribution in [0.15, 0.2) is 18.3 Å². The molecule has 0 fully saturated rings. The molecule has 0 aliphatic carbocycles. The van der Waals surface area contributed by atoms with Gasteiger partial charge in [-0.3, -0.25) is 14.7 Å². The molecule has 1 aromatic rings. The van der Waals surface area contributed by atoms with Crippen LogP contribution < -0.4 is 0 Å². The predicted octanol–water partition coefficient (Wildman–Crippen LogP) is 3.41. The summed E-state index contributed by atoms with van der Waals surface area (Å²) >= 11 is 0. The number of rotatable bonds is 7. The normalized spacial score (nSPS) is 13.2. The Morgan fingerprint density at radius 1 is 1.20 bits per heavy atom. The van der Waals surface area contributed by atoms with Crippen LogP contribution in [0.5, 0.6) is 0 Å². The second kappa shape index (κ2) is 7.48. The Balaban J connectivity index is 2.70. The fourth-order valence-electron chi connectivity index (χ4n) is 2.17. The number of pyridine rings is 1. The highest BCUT2D eigenvalue weighted by Gasteiger charge is 2.21. The minimum atomic E-state index is -0.419. The minimum Gasteiger partial charge on any atom is -0.300 e. The van der Waals surface area contributed by atoms with E-state index in [-0.39, 0.29) is 11.7 Å². The Hall–Kier alpha value is -1.29. The summed E-state index contributed by atoms with van der Waals surface area (Å²) in [7, 11) is 0. The molecule has 0 aliphatic rings. The van der Waals surface area contributed by atoms with Gasteiger partial charge in [0.25, 0.3) is 0 Å². The third-order valence-corrected chi connectivity index (χ3v) is 3.27. The molecule has 112 valence electrons. The maximum atomic E-state index is 12.8. The molecular formula is C16H25FN2O. The average Bonchev–Trinajstić information content (AvgIpc) is 2.37. The highest BCUT2D eigenvalue weighted by Crippen LogP contribution is 2.12. The summed E-state index contributed by atoms with van der Waals surface area (Å²) < 4.78 is 12.8. The van der Waals surface area contributed by atoms with Crippen LogP contribution in [-0.4, -0.2) is 34.8 Å². The number of nitrogens with zero attached hydrogens (tertiary/aromatic N) is 2. The lowest BCUT2D eigenvalue weighted by atomic mass is 10.0. The van der Waals surface area contributed by atoms with E-state index in [0.717, 1.165) is 12.7 Å². The number of Topliss-reactive ketones (excluding diaryl/α,β-unsaturated/α-hetero) is 1. The Labute approximate surface area is 121 Å². The van der Waals surface area contributed by atoms with Crippen molar-refractivity contribution in [2.75, 3.05) is 13.1 Å². The van der Waals surface area contributed by atoms with E-state index in [1.165, 1.54) is 12.1 Å². The van der Waals surface area contributed by atoms with Crippen LogP contribution in [0.4, 0.5) is 4.39 Å². The summed E-state index contributed by atoms with van der Waals surface area (Å²) in [6.07, 6.45) is 1.09.